The number of hydrogen-bond acceptors (Lipinski definition) is 3. The normalized spacial score (nSPS) is 15.1. The molecule has 1 fully saturated rings. The molecule has 1 atom stereocenters. The van der Waals surface area contributed by atoms with Crippen LogP contribution in [0, 0.1) is 0 Å². The van der Waals surface area contributed by atoms with E-state index in [1.165, 1.54) is 11.3 Å². The largest absolute Gasteiger partial charge is 0.482 e. The molecule has 0 aromatic heterocycles. The van der Waals surface area contributed by atoms with Gasteiger partial charge in [-0.25, -0.2) is 0 Å². The van der Waals surface area contributed by atoms with Gasteiger partial charge < -0.3 is 15.0 Å². The summed E-state index contributed by atoms with van der Waals surface area (Å²) in [6.45, 7) is 1.65. The minimum atomic E-state index is -0.696. The van der Waals surface area contributed by atoms with Gasteiger partial charge in [0, 0.05) is 17.1 Å². The molecule has 0 saturated heterocycles. The topological polar surface area (TPSA) is 58.6 Å². The number of rotatable bonds is 8. The van der Waals surface area contributed by atoms with Crippen molar-refractivity contribution < 1.29 is 14.3 Å². The van der Waals surface area contributed by atoms with Gasteiger partial charge in [-0.1, -0.05) is 76.1 Å². The third-order valence-electron chi connectivity index (χ3n) is 5.70. The number of halogens is 4. The van der Waals surface area contributed by atoms with Gasteiger partial charge in [-0.3, -0.25) is 9.59 Å². The maximum Gasteiger partial charge on any atom is 0.261 e. The lowest BCUT2D eigenvalue weighted by Crippen LogP contribution is -2.51. The molecule has 1 N–H and O–H groups in total. The van der Waals surface area contributed by atoms with Gasteiger partial charge >= 0.3 is 0 Å². The van der Waals surface area contributed by atoms with Crippen LogP contribution in [0.2, 0.25) is 15.1 Å². The maximum absolute atomic E-state index is 13.2. The first-order valence-corrected chi connectivity index (χ1v) is 12.8. The summed E-state index contributed by atoms with van der Waals surface area (Å²) in [5.74, 6) is -0.134. The summed E-state index contributed by atoms with van der Waals surface area (Å²) in [6.07, 6.45) is 5.33. The van der Waals surface area contributed by atoms with Crippen LogP contribution in [-0.2, 0) is 16.1 Å². The second kappa shape index (κ2) is 12.3. The molecular formula is C24H26BrCl3N2O3. The molecule has 0 radical (unpaired) electrons. The molecule has 0 spiro atoms. The number of ether oxygens (including phenoxy) is 1. The quantitative estimate of drug-likeness (QED) is 0.383. The van der Waals surface area contributed by atoms with E-state index in [0.717, 1.165) is 35.7 Å². The molecule has 1 aliphatic rings. The van der Waals surface area contributed by atoms with E-state index >= 15 is 0 Å². The van der Waals surface area contributed by atoms with E-state index in [9.17, 15) is 9.59 Å². The number of hydrogen-bond donors (Lipinski definition) is 1. The van der Waals surface area contributed by atoms with Gasteiger partial charge in [-0.2, -0.15) is 0 Å². The van der Waals surface area contributed by atoms with Crippen molar-refractivity contribution in [3.8, 4) is 5.75 Å². The fourth-order valence-corrected chi connectivity index (χ4v) is 4.85. The molecule has 178 valence electrons. The number of carbonyl (C=O) groups excluding carboxylic acids is 2. The van der Waals surface area contributed by atoms with E-state index in [2.05, 4.69) is 21.2 Å². The van der Waals surface area contributed by atoms with Crippen molar-refractivity contribution in [2.45, 2.75) is 57.7 Å². The highest BCUT2D eigenvalue weighted by Crippen LogP contribution is 2.28. The van der Waals surface area contributed by atoms with Crippen molar-refractivity contribution in [1.29, 1.82) is 0 Å². The van der Waals surface area contributed by atoms with Crippen LogP contribution in [0.5, 0.6) is 5.75 Å². The van der Waals surface area contributed by atoms with E-state index in [1.54, 1.807) is 43.3 Å². The Labute approximate surface area is 217 Å². The molecule has 5 nitrogen and oxygen atoms in total. The molecule has 0 bridgehead atoms. The number of carbonyl (C=O) groups is 2. The standard InChI is InChI=1S/C24H26BrCl3N2O3/c1-15(24(32)29-18-5-3-2-4-6-18)30(13-16-7-9-19(26)20(27)11-16)23(31)14-33-22-10-8-17(25)12-21(22)28/h7-12,15,18H,2-6,13-14H2,1H3,(H,29,32)/t15-/m1/s1. The molecular weight excluding hydrogens is 551 g/mol. The summed E-state index contributed by atoms with van der Waals surface area (Å²) in [7, 11) is 0. The average Bonchev–Trinajstić information content (AvgIpc) is 2.79. The Hall–Kier alpha value is -1.47. The number of benzene rings is 2. The lowest BCUT2D eigenvalue weighted by atomic mass is 9.95. The molecule has 33 heavy (non-hydrogen) atoms. The van der Waals surface area contributed by atoms with Crippen molar-refractivity contribution >= 4 is 62.5 Å². The van der Waals surface area contributed by atoms with Crippen LogP contribution < -0.4 is 10.1 Å². The number of nitrogens with zero attached hydrogens (tertiary/aromatic N) is 1. The fraction of sp³-hybridized carbons (Fsp3) is 0.417. The molecule has 1 aliphatic carbocycles. The van der Waals surface area contributed by atoms with Crippen LogP contribution >= 0.6 is 50.7 Å². The van der Waals surface area contributed by atoms with Gasteiger partial charge in [0.05, 0.1) is 15.1 Å². The smallest absolute Gasteiger partial charge is 0.261 e. The molecule has 9 heteroatoms. The third-order valence-corrected chi connectivity index (χ3v) is 7.23. The molecule has 0 aliphatic heterocycles. The summed E-state index contributed by atoms with van der Waals surface area (Å²) < 4.78 is 6.48. The van der Waals surface area contributed by atoms with Gasteiger partial charge in [0.1, 0.15) is 11.8 Å². The predicted molar refractivity (Wildman–Crippen MR) is 136 cm³/mol. The molecule has 2 aromatic rings. The van der Waals surface area contributed by atoms with Crippen LogP contribution in [0.25, 0.3) is 0 Å². The van der Waals surface area contributed by atoms with Crippen LogP contribution in [0.4, 0.5) is 0 Å². The maximum atomic E-state index is 13.2. The van der Waals surface area contributed by atoms with Crippen molar-refractivity contribution in [2.75, 3.05) is 6.61 Å². The Kier molecular flexibility index (Phi) is 9.74. The monoisotopic (exact) mass is 574 g/mol. The summed E-state index contributed by atoms with van der Waals surface area (Å²) in [6, 6.07) is 9.75. The average molecular weight is 577 g/mol. The molecule has 0 unspecified atom stereocenters. The van der Waals surface area contributed by atoms with Crippen LogP contribution in [0.15, 0.2) is 40.9 Å². The molecule has 2 amide bonds. The third kappa shape index (κ3) is 7.51. The summed E-state index contributed by atoms with van der Waals surface area (Å²) in [4.78, 5) is 27.7. The van der Waals surface area contributed by atoms with Crippen molar-refractivity contribution in [3.63, 3.8) is 0 Å². The Morgan fingerprint density at radius 1 is 1.06 bits per heavy atom. The number of amides is 2. The van der Waals surface area contributed by atoms with E-state index in [0.29, 0.717) is 20.8 Å². The summed E-state index contributed by atoms with van der Waals surface area (Å²) >= 11 is 21.7. The number of nitrogens with one attached hydrogen (secondary N) is 1. The summed E-state index contributed by atoms with van der Waals surface area (Å²) in [5.41, 5.74) is 0.761. The Morgan fingerprint density at radius 2 is 1.79 bits per heavy atom. The molecule has 0 heterocycles. The van der Waals surface area contributed by atoms with E-state index in [1.807, 2.05) is 0 Å². The van der Waals surface area contributed by atoms with Crippen molar-refractivity contribution in [1.82, 2.24) is 10.2 Å². The van der Waals surface area contributed by atoms with Gasteiger partial charge in [0.2, 0.25) is 5.91 Å². The SMILES string of the molecule is C[C@H](C(=O)NC1CCCCC1)N(Cc1ccc(Cl)c(Cl)c1)C(=O)COc1ccc(Br)cc1Cl. The zero-order valence-electron chi connectivity index (χ0n) is 18.3. The molecule has 2 aromatic carbocycles. The minimum absolute atomic E-state index is 0.147. The van der Waals surface area contributed by atoms with E-state index in [-0.39, 0.29) is 31.0 Å². The van der Waals surface area contributed by atoms with Crippen LogP contribution in [0.3, 0.4) is 0 Å². The van der Waals surface area contributed by atoms with Gasteiger partial charge in [0.15, 0.2) is 6.61 Å². The lowest BCUT2D eigenvalue weighted by molar-refractivity contribution is -0.142. The minimum Gasteiger partial charge on any atom is -0.482 e. The van der Waals surface area contributed by atoms with Crippen molar-refractivity contribution in [2.24, 2.45) is 0 Å². The van der Waals surface area contributed by atoms with Gasteiger partial charge in [0.25, 0.3) is 5.91 Å². The summed E-state index contributed by atoms with van der Waals surface area (Å²) in [5, 5.41) is 4.30. The predicted octanol–water partition coefficient (Wildman–Crippen LogP) is 6.65. The fourth-order valence-electron chi connectivity index (χ4n) is 3.80. The highest BCUT2D eigenvalue weighted by atomic mass is 79.9. The van der Waals surface area contributed by atoms with Crippen LogP contribution in [-0.4, -0.2) is 35.4 Å². The highest BCUT2D eigenvalue weighted by molar-refractivity contribution is 9.10. The van der Waals surface area contributed by atoms with E-state index < -0.39 is 6.04 Å². The second-order valence-corrected chi connectivity index (χ2v) is 10.3. The first-order valence-electron chi connectivity index (χ1n) is 10.9. The van der Waals surface area contributed by atoms with E-state index in [4.69, 9.17) is 39.5 Å². The zero-order valence-corrected chi connectivity index (χ0v) is 22.1. The second-order valence-electron chi connectivity index (χ2n) is 8.15. The highest BCUT2D eigenvalue weighted by Gasteiger charge is 2.28. The zero-order chi connectivity index (χ0) is 24.0. The van der Waals surface area contributed by atoms with Gasteiger partial charge in [-0.05, 0) is 55.7 Å². The molecule has 3 rings (SSSR count). The first kappa shape index (κ1) is 26.1. The Bertz CT molecular complexity index is 999. The lowest BCUT2D eigenvalue weighted by Gasteiger charge is -2.31. The molecule has 1 saturated carbocycles. The van der Waals surface area contributed by atoms with Crippen molar-refractivity contribution in [3.05, 3.63) is 61.5 Å². The van der Waals surface area contributed by atoms with Gasteiger partial charge in [-0.15, -0.1) is 0 Å². The Morgan fingerprint density at radius 3 is 2.45 bits per heavy atom. The Balaban J connectivity index is 1.74. The first-order chi connectivity index (χ1) is 15.7. The van der Waals surface area contributed by atoms with Crippen LogP contribution in [0.1, 0.15) is 44.6 Å².